The molecule has 0 saturated carbocycles. The first kappa shape index (κ1) is 11.1. The molecule has 3 nitrogen and oxygen atoms in total. The minimum atomic E-state index is 0.463. The number of hydrogen-bond donors (Lipinski definition) is 1. The van der Waals surface area contributed by atoms with Gasteiger partial charge in [0.25, 0.3) is 0 Å². The number of benzene rings is 1. The third-order valence-electron chi connectivity index (χ3n) is 3.01. The molecule has 0 saturated heterocycles. The number of anilines is 1. The number of fused-ring (bicyclic) bond motifs is 2. The van der Waals surface area contributed by atoms with Gasteiger partial charge >= 0.3 is 0 Å². The number of ether oxygens (including phenoxy) is 1. The van der Waals surface area contributed by atoms with Crippen molar-refractivity contribution in [3.05, 3.63) is 33.4 Å². The third-order valence-corrected chi connectivity index (χ3v) is 3.80. The molecule has 5 heteroatoms. The predicted octanol–water partition coefficient (Wildman–Crippen LogP) is 3.20. The van der Waals surface area contributed by atoms with Crippen molar-refractivity contribution in [3.63, 3.8) is 0 Å². The second-order valence-electron chi connectivity index (χ2n) is 4.01. The summed E-state index contributed by atoms with van der Waals surface area (Å²) in [4.78, 5) is 4.56. The molecule has 0 spiro atoms. The number of pyridine rings is 1. The zero-order valence-electron chi connectivity index (χ0n) is 8.96. The van der Waals surface area contributed by atoms with E-state index in [4.69, 9.17) is 33.7 Å². The van der Waals surface area contributed by atoms with Gasteiger partial charge in [-0.05, 0) is 12.1 Å². The maximum atomic E-state index is 6.16. The quantitative estimate of drug-likeness (QED) is 0.798. The highest BCUT2D eigenvalue weighted by Crippen LogP contribution is 2.35. The van der Waals surface area contributed by atoms with Crippen LogP contribution >= 0.6 is 23.2 Å². The number of nitrogens with zero attached hydrogens (tertiary/aromatic N) is 1. The molecular formula is C12H10Cl2N2O. The molecule has 1 aromatic heterocycles. The second-order valence-corrected chi connectivity index (χ2v) is 4.80. The first-order valence-corrected chi connectivity index (χ1v) is 6.06. The Hall–Kier alpha value is -1.03. The monoisotopic (exact) mass is 268 g/mol. The Morgan fingerprint density at radius 2 is 2.12 bits per heavy atom. The molecule has 0 aliphatic carbocycles. The van der Waals surface area contributed by atoms with Crippen molar-refractivity contribution < 1.29 is 4.74 Å². The van der Waals surface area contributed by atoms with Crippen LogP contribution in [-0.2, 0) is 17.8 Å². The summed E-state index contributed by atoms with van der Waals surface area (Å²) < 4.78 is 5.40. The molecule has 0 unspecified atom stereocenters. The topological polar surface area (TPSA) is 48.1 Å². The van der Waals surface area contributed by atoms with E-state index in [9.17, 15) is 0 Å². The van der Waals surface area contributed by atoms with Gasteiger partial charge in [0, 0.05) is 23.1 Å². The fourth-order valence-electron chi connectivity index (χ4n) is 2.10. The summed E-state index contributed by atoms with van der Waals surface area (Å²) in [6.45, 7) is 1.19. The highest BCUT2D eigenvalue weighted by atomic mass is 35.5. The second kappa shape index (κ2) is 4.02. The van der Waals surface area contributed by atoms with Crippen LogP contribution in [0.1, 0.15) is 11.3 Å². The van der Waals surface area contributed by atoms with Gasteiger partial charge in [-0.1, -0.05) is 23.2 Å². The zero-order chi connectivity index (χ0) is 12.0. The maximum absolute atomic E-state index is 6.16. The molecule has 0 atom stereocenters. The lowest BCUT2D eigenvalue weighted by Gasteiger charge is -2.19. The van der Waals surface area contributed by atoms with Crippen molar-refractivity contribution in [3.8, 4) is 0 Å². The Labute approximate surface area is 108 Å². The summed E-state index contributed by atoms with van der Waals surface area (Å²) >= 11 is 12.1. The van der Waals surface area contributed by atoms with E-state index >= 15 is 0 Å². The summed E-state index contributed by atoms with van der Waals surface area (Å²) in [5.74, 6) is 0. The molecule has 1 aliphatic heterocycles. The van der Waals surface area contributed by atoms with E-state index in [1.54, 1.807) is 6.07 Å². The van der Waals surface area contributed by atoms with E-state index in [2.05, 4.69) is 4.98 Å². The van der Waals surface area contributed by atoms with Crippen molar-refractivity contribution in [1.29, 1.82) is 0 Å². The molecule has 3 rings (SSSR count). The van der Waals surface area contributed by atoms with Crippen LogP contribution in [-0.4, -0.2) is 11.6 Å². The zero-order valence-corrected chi connectivity index (χ0v) is 10.5. The molecule has 1 aromatic carbocycles. The average Bonchev–Trinajstić information content (AvgIpc) is 2.35. The molecule has 0 bridgehead atoms. The smallest absolute Gasteiger partial charge is 0.0927 e. The van der Waals surface area contributed by atoms with Gasteiger partial charge in [-0.2, -0.15) is 0 Å². The van der Waals surface area contributed by atoms with E-state index in [0.29, 0.717) is 34.5 Å². The average molecular weight is 269 g/mol. The Bertz CT molecular complexity index is 613. The number of rotatable bonds is 0. The van der Waals surface area contributed by atoms with Gasteiger partial charge in [0.1, 0.15) is 0 Å². The van der Waals surface area contributed by atoms with Crippen molar-refractivity contribution >= 4 is 39.8 Å². The van der Waals surface area contributed by atoms with Gasteiger partial charge in [-0.25, -0.2) is 0 Å². The standard InChI is InChI=1S/C12H10Cl2N2O/c13-8-2-1-6-11(15)7-5-17-4-3-9(7)16-12(6)10(8)14/h1-2H,3-5H2,(H2,15,16). The molecule has 1 aliphatic rings. The lowest BCUT2D eigenvalue weighted by atomic mass is 10.0. The van der Waals surface area contributed by atoms with Crippen LogP contribution in [0.5, 0.6) is 0 Å². The predicted molar refractivity (Wildman–Crippen MR) is 69.5 cm³/mol. The number of hydrogen-bond acceptors (Lipinski definition) is 3. The fraction of sp³-hybridized carbons (Fsp3) is 0.250. The number of nitrogen functional groups attached to an aromatic ring is 1. The molecule has 0 fully saturated rings. The Kier molecular flexibility index (Phi) is 2.62. The summed E-state index contributed by atoms with van der Waals surface area (Å²) in [5, 5.41) is 1.80. The first-order valence-electron chi connectivity index (χ1n) is 5.31. The first-order chi connectivity index (χ1) is 8.18. The van der Waals surface area contributed by atoms with Crippen LogP contribution in [0, 0.1) is 0 Å². The summed E-state index contributed by atoms with van der Waals surface area (Å²) in [5.41, 5.74) is 9.45. The van der Waals surface area contributed by atoms with E-state index in [1.807, 2.05) is 6.07 Å². The van der Waals surface area contributed by atoms with Gasteiger partial charge in [0.2, 0.25) is 0 Å². The SMILES string of the molecule is Nc1c2c(nc3c(Cl)c(Cl)ccc13)CCOC2. The Balaban J connectivity index is 2.40. The summed E-state index contributed by atoms with van der Waals surface area (Å²) in [6.07, 6.45) is 0.762. The Morgan fingerprint density at radius 3 is 2.94 bits per heavy atom. The summed E-state index contributed by atoms with van der Waals surface area (Å²) in [6, 6.07) is 3.58. The normalized spacial score (nSPS) is 14.9. The van der Waals surface area contributed by atoms with Crippen LogP contribution in [0.4, 0.5) is 5.69 Å². The molecule has 2 N–H and O–H groups in total. The molecule has 2 heterocycles. The third kappa shape index (κ3) is 1.66. The van der Waals surface area contributed by atoms with E-state index in [1.165, 1.54) is 0 Å². The Morgan fingerprint density at radius 1 is 1.29 bits per heavy atom. The minimum Gasteiger partial charge on any atom is -0.398 e. The molecule has 88 valence electrons. The largest absolute Gasteiger partial charge is 0.398 e. The maximum Gasteiger partial charge on any atom is 0.0927 e. The van der Waals surface area contributed by atoms with E-state index < -0.39 is 0 Å². The molecule has 0 radical (unpaired) electrons. The highest BCUT2D eigenvalue weighted by Gasteiger charge is 2.18. The van der Waals surface area contributed by atoms with Gasteiger partial charge in [0.15, 0.2) is 0 Å². The van der Waals surface area contributed by atoms with E-state index in [0.717, 1.165) is 23.1 Å². The molecule has 2 aromatic rings. The number of aromatic nitrogens is 1. The fourth-order valence-corrected chi connectivity index (χ4v) is 2.46. The van der Waals surface area contributed by atoms with Crippen molar-refractivity contribution in [2.45, 2.75) is 13.0 Å². The molecule has 17 heavy (non-hydrogen) atoms. The van der Waals surface area contributed by atoms with Crippen molar-refractivity contribution in [2.24, 2.45) is 0 Å². The van der Waals surface area contributed by atoms with Gasteiger partial charge in [0.05, 0.1) is 34.5 Å². The number of nitrogens with two attached hydrogens (primary N) is 1. The molecular weight excluding hydrogens is 259 g/mol. The number of halogens is 2. The highest BCUT2D eigenvalue weighted by molar-refractivity contribution is 6.45. The van der Waals surface area contributed by atoms with Gasteiger partial charge < -0.3 is 10.5 Å². The lowest BCUT2D eigenvalue weighted by molar-refractivity contribution is 0.110. The van der Waals surface area contributed by atoms with Gasteiger partial charge in [-0.15, -0.1) is 0 Å². The van der Waals surface area contributed by atoms with Crippen LogP contribution < -0.4 is 5.73 Å². The van der Waals surface area contributed by atoms with Crippen LogP contribution in [0.3, 0.4) is 0 Å². The van der Waals surface area contributed by atoms with E-state index in [-0.39, 0.29) is 0 Å². The van der Waals surface area contributed by atoms with Crippen LogP contribution in [0.25, 0.3) is 10.9 Å². The minimum absolute atomic E-state index is 0.463. The molecule has 0 amide bonds. The summed E-state index contributed by atoms with van der Waals surface area (Å²) in [7, 11) is 0. The van der Waals surface area contributed by atoms with Crippen LogP contribution in [0.15, 0.2) is 12.1 Å². The van der Waals surface area contributed by atoms with Crippen molar-refractivity contribution in [2.75, 3.05) is 12.3 Å². The van der Waals surface area contributed by atoms with Gasteiger partial charge in [-0.3, -0.25) is 4.98 Å². The van der Waals surface area contributed by atoms with Crippen molar-refractivity contribution in [1.82, 2.24) is 4.98 Å². The lowest BCUT2D eigenvalue weighted by Crippen LogP contribution is -2.14. The van der Waals surface area contributed by atoms with Crippen LogP contribution in [0.2, 0.25) is 10.0 Å².